The second kappa shape index (κ2) is 11.6. The molecule has 3 aromatic heterocycles. The fourth-order valence-electron chi connectivity index (χ4n) is 4.13. The van der Waals surface area contributed by atoms with E-state index in [0.717, 1.165) is 5.56 Å². The lowest BCUT2D eigenvalue weighted by molar-refractivity contribution is 0.391. The second-order valence-corrected chi connectivity index (χ2v) is 18.2. The van der Waals surface area contributed by atoms with Crippen molar-refractivity contribution in [2.24, 2.45) is 0 Å². The molecule has 0 N–H and O–H groups in total. The van der Waals surface area contributed by atoms with Crippen LogP contribution in [0.3, 0.4) is 0 Å². The molecule has 0 fully saturated rings. The number of anilines is 1. The van der Waals surface area contributed by atoms with Crippen LogP contribution in [0.15, 0.2) is 59.7 Å². The zero-order valence-electron chi connectivity index (χ0n) is 23.0. The number of hydrogen-bond acceptors (Lipinski definition) is 9. The normalized spacial score (nSPS) is 12.8. The first-order valence-electron chi connectivity index (χ1n) is 12.5. The molecule has 0 saturated heterocycles. The van der Waals surface area contributed by atoms with Gasteiger partial charge < -0.3 is 13.9 Å². The van der Waals surface area contributed by atoms with Crippen LogP contribution in [0.2, 0.25) is 25.7 Å². The molecule has 1 aromatic carbocycles. The standard InChI is InChI=1S/C26H34N6O5SSi/c1-19(15-20-16-27-18-28-17-20)38(33,34)31(12-14-39(4,5)6)26-30-29-25(23-11-8-13-37-23)32(26)24-21(35-2)9-7-10-22(24)36-3/h7-11,13,16-19H,12,14-15H2,1-6H3. The van der Waals surface area contributed by atoms with Gasteiger partial charge >= 0.3 is 0 Å². The Morgan fingerprint density at radius 2 is 1.69 bits per heavy atom. The minimum absolute atomic E-state index is 0.124. The Labute approximate surface area is 229 Å². The molecule has 11 nitrogen and oxygen atoms in total. The minimum atomic E-state index is -3.94. The van der Waals surface area contributed by atoms with E-state index in [0.29, 0.717) is 34.8 Å². The molecule has 0 radical (unpaired) electrons. The maximum Gasteiger partial charge on any atom is 0.246 e. The number of hydrogen-bond donors (Lipinski definition) is 0. The van der Waals surface area contributed by atoms with Crippen molar-refractivity contribution in [1.82, 2.24) is 24.7 Å². The summed E-state index contributed by atoms with van der Waals surface area (Å²) in [5, 5.41) is 8.05. The quantitative estimate of drug-likeness (QED) is 0.227. The van der Waals surface area contributed by atoms with Crippen molar-refractivity contribution < 1.29 is 22.3 Å². The predicted octanol–water partition coefficient (Wildman–Crippen LogP) is 4.44. The van der Waals surface area contributed by atoms with Gasteiger partial charge in [0.1, 0.15) is 23.5 Å². The summed E-state index contributed by atoms with van der Waals surface area (Å²) >= 11 is 0. The van der Waals surface area contributed by atoms with Gasteiger partial charge in [0, 0.05) is 27.0 Å². The molecule has 3 heterocycles. The Balaban J connectivity index is 1.93. The number of para-hydroxylation sites is 1. The summed E-state index contributed by atoms with van der Waals surface area (Å²) in [6, 6.07) is 9.52. The topological polar surface area (TPSA) is 125 Å². The van der Waals surface area contributed by atoms with Crippen molar-refractivity contribution in [1.29, 1.82) is 0 Å². The van der Waals surface area contributed by atoms with Crippen LogP contribution < -0.4 is 13.8 Å². The van der Waals surface area contributed by atoms with Crippen LogP contribution in [-0.2, 0) is 16.4 Å². The molecule has 0 spiro atoms. The number of sulfonamides is 1. The number of aromatic nitrogens is 5. The first-order chi connectivity index (χ1) is 18.6. The molecule has 1 atom stereocenters. The van der Waals surface area contributed by atoms with E-state index in [4.69, 9.17) is 13.9 Å². The predicted molar refractivity (Wildman–Crippen MR) is 152 cm³/mol. The highest BCUT2D eigenvalue weighted by molar-refractivity contribution is 7.93. The van der Waals surface area contributed by atoms with Gasteiger partial charge in [0.25, 0.3) is 0 Å². The third-order valence-electron chi connectivity index (χ3n) is 6.25. The number of rotatable bonds is 12. The lowest BCUT2D eigenvalue weighted by Crippen LogP contribution is -2.42. The van der Waals surface area contributed by atoms with Crippen molar-refractivity contribution in [2.45, 2.75) is 44.3 Å². The van der Waals surface area contributed by atoms with Crippen molar-refractivity contribution in [3.05, 3.63) is 60.9 Å². The smallest absolute Gasteiger partial charge is 0.246 e. The third kappa shape index (κ3) is 6.14. The average molecular weight is 571 g/mol. The van der Waals surface area contributed by atoms with Crippen LogP contribution in [0.25, 0.3) is 17.3 Å². The van der Waals surface area contributed by atoms with E-state index in [2.05, 4.69) is 39.8 Å². The monoisotopic (exact) mass is 570 g/mol. The molecule has 0 amide bonds. The zero-order valence-corrected chi connectivity index (χ0v) is 24.8. The summed E-state index contributed by atoms with van der Waals surface area (Å²) < 4.78 is 48.6. The maximum absolute atomic E-state index is 14.3. The van der Waals surface area contributed by atoms with Gasteiger partial charge in [-0.3, -0.25) is 4.57 Å². The van der Waals surface area contributed by atoms with E-state index < -0.39 is 23.3 Å². The average Bonchev–Trinajstić information content (AvgIpc) is 3.58. The Kier molecular flexibility index (Phi) is 8.40. The van der Waals surface area contributed by atoms with Crippen LogP contribution in [0.1, 0.15) is 12.5 Å². The Morgan fingerprint density at radius 1 is 1.03 bits per heavy atom. The summed E-state index contributed by atoms with van der Waals surface area (Å²) in [6.45, 7) is 8.52. The Bertz CT molecular complexity index is 1460. The molecule has 208 valence electrons. The summed E-state index contributed by atoms with van der Waals surface area (Å²) in [5.41, 5.74) is 1.19. The van der Waals surface area contributed by atoms with E-state index in [9.17, 15) is 8.42 Å². The van der Waals surface area contributed by atoms with Crippen molar-refractivity contribution in [3.63, 3.8) is 0 Å². The van der Waals surface area contributed by atoms with E-state index in [1.807, 2.05) is 0 Å². The molecule has 4 aromatic rings. The molecular weight excluding hydrogens is 536 g/mol. The molecule has 0 aliphatic carbocycles. The minimum Gasteiger partial charge on any atom is -0.494 e. The van der Waals surface area contributed by atoms with Gasteiger partial charge in [0.05, 0.1) is 25.7 Å². The lowest BCUT2D eigenvalue weighted by Gasteiger charge is -2.29. The van der Waals surface area contributed by atoms with E-state index in [1.165, 1.54) is 16.9 Å². The molecule has 1 unspecified atom stereocenters. The van der Waals surface area contributed by atoms with Crippen LogP contribution in [0.4, 0.5) is 5.95 Å². The molecule has 13 heteroatoms. The largest absolute Gasteiger partial charge is 0.494 e. The number of nitrogens with zero attached hydrogens (tertiary/aromatic N) is 6. The van der Waals surface area contributed by atoms with E-state index >= 15 is 0 Å². The van der Waals surface area contributed by atoms with E-state index in [-0.39, 0.29) is 18.9 Å². The Morgan fingerprint density at radius 3 is 2.26 bits per heavy atom. The first kappa shape index (κ1) is 28.3. The summed E-state index contributed by atoms with van der Waals surface area (Å²) in [4.78, 5) is 8.07. The number of furan rings is 1. The molecule has 0 aliphatic rings. The fraction of sp³-hybridized carbons (Fsp3) is 0.385. The van der Waals surface area contributed by atoms with E-state index in [1.54, 1.807) is 68.4 Å². The maximum atomic E-state index is 14.3. The van der Waals surface area contributed by atoms with Gasteiger partial charge in [-0.2, -0.15) is 0 Å². The summed E-state index contributed by atoms with van der Waals surface area (Å²) in [5.74, 6) is 1.77. The van der Waals surface area contributed by atoms with Gasteiger partial charge in [0.15, 0.2) is 5.76 Å². The van der Waals surface area contributed by atoms with Gasteiger partial charge in [-0.25, -0.2) is 22.7 Å². The fourth-order valence-corrected chi connectivity index (χ4v) is 6.71. The summed E-state index contributed by atoms with van der Waals surface area (Å²) in [7, 11) is -2.53. The van der Waals surface area contributed by atoms with Crippen LogP contribution in [-0.4, -0.2) is 67.2 Å². The van der Waals surface area contributed by atoms with Crippen molar-refractivity contribution >= 4 is 24.0 Å². The molecule has 0 bridgehead atoms. The Hall–Kier alpha value is -3.71. The van der Waals surface area contributed by atoms with Gasteiger partial charge in [0.2, 0.25) is 21.8 Å². The van der Waals surface area contributed by atoms with Gasteiger partial charge in [-0.1, -0.05) is 25.7 Å². The van der Waals surface area contributed by atoms with Crippen LogP contribution in [0.5, 0.6) is 11.5 Å². The highest BCUT2D eigenvalue weighted by atomic mass is 32.2. The van der Waals surface area contributed by atoms with Crippen LogP contribution in [0, 0.1) is 0 Å². The highest BCUT2D eigenvalue weighted by Gasteiger charge is 2.36. The second-order valence-electron chi connectivity index (χ2n) is 10.3. The SMILES string of the molecule is COc1cccc(OC)c1-n1c(-c2ccco2)nnc1N(CC[Si](C)(C)C)S(=O)(=O)C(C)Cc1cncnc1. The van der Waals surface area contributed by atoms with Crippen molar-refractivity contribution in [2.75, 3.05) is 25.1 Å². The third-order valence-corrected chi connectivity index (χ3v) is 10.1. The van der Waals surface area contributed by atoms with Crippen molar-refractivity contribution in [3.8, 4) is 28.8 Å². The number of methoxy groups -OCH3 is 2. The zero-order chi connectivity index (χ0) is 28.2. The molecule has 0 saturated carbocycles. The molecular formula is C26H34N6O5SSi. The number of ether oxygens (including phenoxy) is 2. The first-order valence-corrected chi connectivity index (χ1v) is 17.7. The highest BCUT2D eigenvalue weighted by Crippen LogP contribution is 2.39. The summed E-state index contributed by atoms with van der Waals surface area (Å²) in [6.07, 6.45) is 6.44. The molecule has 0 aliphatic heterocycles. The van der Waals surface area contributed by atoms with Crippen LogP contribution >= 0.6 is 0 Å². The van der Waals surface area contributed by atoms with Gasteiger partial charge in [-0.05, 0) is 49.2 Å². The number of benzene rings is 1. The van der Waals surface area contributed by atoms with Gasteiger partial charge in [-0.15, -0.1) is 10.2 Å². The molecule has 39 heavy (non-hydrogen) atoms. The molecule has 4 rings (SSSR count). The lowest BCUT2D eigenvalue weighted by atomic mass is 10.2.